The number of alkyl halides is 3. The number of halogens is 3. The molecule has 0 bridgehead atoms. The second-order valence-corrected chi connectivity index (χ2v) is 5.29. The van der Waals surface area contributed by atoms with Gasteiger partial charge in [-0.05, 0) is 18.8 Å². The third-order valence-corrected chi connectivity index (χ3v) is 3.11. The Morgan fingerprint density at radius 2 is 1.76 bits per heavy atom. The Balaban J connectivity index is 3.06. The highest BCUT2D eigenvalue weighted by molar-refractivity contribution is 5.48. The van der Waals surface area contributed by atoms with Crippen LogP contribution in [0.25, 0.3) is 0 Å². The van der Waals surface area contributed by atoms with Gasteiger partial charge in [-0.25, -0.2) is 9.97 Å². The van der Waals surface area contributed by atoms with Crippen LogP contribution in [0.15, 0.2) is 6.07 Å². The predicted molar refractivity (Wildman–Crippen MR) is 78.4 cm³/mol. The van der Waals surface area contributed by atoms with Crippen LogP contribution in [0.2, 0.25) is 0 Å². The van der Waals surface area contributed by atoms with Crippen LogP contribution in [0.3, 0.4) is 0 Å². The van der Waals surface area contributed by atoms with Gasteiger partial charge in [0.05, 0.1) is 0 Å². The second-order valence-electron chi connectivity index (χ2n) is 5.29. The molecule has 21 heavy (non-hydrogen) atoms. The topological polar surface area (TPSA) is 49.8 Å². The van der Waals surface area contributed by atoms with Crippen molar-refractivity contribution >= 4 is 11.6 Å². The van der Waals surface area contributed by atoms with Crippen molar-refractivity contribution in [2.45, 2.75) is 52.8 Å². The molecular formula is C14H23F3N4. The van der Waals surface area contributed by atoms with Crippen molar-refractivity contribution in [2.24, 2.45) is 5.92 Å². The quantitative estimate of drug-likeness (QED) is 0.794. The van der Waals surface area contributed by atoms with Crippen molar-refractivity contribution < 1.29 is 13.2 Å². The number of hydrogen-bond acceptors (Lipinski definition) is 4. The van der Waals surface area contributed by atoms with Crippen LogP contribution in [0, 0.1) is 5.92 Å². The predicted octanol–water partition coefficient (Wildman–Crippen LogP) is 4.16. The Bertz CT molecular complexity index is 446. The zero-order chi connectivity index (χ0) is 16.0. The van der Waals surface area contributed by atoms with Gasteiger partial charge in [-0.15, -0.1) is 0 Å². The van der Waals surface area contributed by atoms with Crippen molar-refractivity contribution in [3.63, 3.8) is 0 Å². The van der Waals surface area contributed by atoms with Gasteiger partial charge in [0, 0.05) is 18.7 Å². The van der Waals surface area contributed by atoms with E-state index in [9.17, 15) is 13.2 Å². The van der Waals surface area contributed by atoms with E-state index in [0.29, 0.717) is 12.5 Å². The van der Waals surface area contributed by atoms with Crippen LogP contribution >= 0.6 is 0 Å². The molecule has 2 N–H and O–H groups in total. The Labute approximate surface area is 123 Å². The average Bonchev–Trinajstić information content (AvgIpc) is 2.41. The molecule has 7 heteroatoms. The van der Waals surface area contributed by atoms with Gasteiger partial charge in [-0.1, -0.05) is 27.7 Å². The molecule has 0 radical (unpaired) electrons. The minimum absolute atomic E-state index is 0.0695. The summed E-state index contributed by atoms with van der Waals surface area (Å²) in [6.07, 6.45) is -2.95. The molecule has 0 saturated carbocycles. The van der Waals surface area contributed by atoms with E-state index in [0.717, 1.165) is 12.8 Å². The SMILES string of the molecule is CCCNc1cc(NC(CC)C(C)C)nc(C(F)(F)F)n1. The summed E-state index contributed by atoms with van der Waals surface area (Å²) >= 11 is 0. The molecule has 1 unspecified atom stereocenters. The highest BCUT2D eigenvalue weighted by Gasteiger charge is 2.35. The number of rotatable bonds is 7. The number of hydrogen-bond donors (Lipinski definition) is 2. The first-order valence-corrected chi connectivity index (χ1v) is 7.24. The first-order chi connectivity index (χ1) is 9.77. The molecule has 1 heterocycles. The maximum absolute atomic E-state index is 12.9. The highest BCUT2D eigenvalue weighted by Crippen LogP contribution is 2.28. The fraction of sp³-hybridized carbons (Fsp3) is 0.714. The molecule has 0 aromatic carbocycles. The Morgan fingerprint density at radius 1 is 1.14 bits per heavy atom. The number of aromatic nitrogens is 2. The molecule has 1 aromatic heterocycles. The lowest BCUT2D eigenvalue weighted by Crippen LogP contribution is -2.26. The standard InChI is InChI=1S/C14H23F3N4/c1-5-7-18-11-8-12(19-10(6-2)9(3)4)21-13(20-11)14(15,16)17/h8-10H,5-7H2,1-4H3,(H2,18,19,20,21). The van der Waals surface area contributed by atoms with Gasteiger partial charge < -0.3 is 10.6 Å². The Kier molecular flexibility index (Phi) is 6.23. The first kappa shape index (κ1) is 17.5. The molecule has 120 valence electrons. The van der Waals surface area contributed by atoms with Crippen LogP contribution in [0.4, 0.5) is 24.8 Å². The third kappa shape index (κ3) is 5.40. The summed E-state index contributed by atoms with van der Waals surface area (Å²) in [5, 5.41) is 5.94. The smallest absolute Gasteiger partial charge is 0.370 e. The van der Waals surface area contributed by atoms with Crippen molar-refractivity contribution in [3.8, 4) is 0 Å². The largest absolute Gasteiger partial charge is 0.451 e. The summed E-state index contributed by atoms with van der Waals surface area (Å²) in [6.45, 7) is 8.52. The minimum atomic E-state index is -4.56. The van der Waals surface area contributed by atoms with E-state index in [1.807, 2.05) is 27.7 Å². The summed E-state index contributed by atoms with van der Waals surface area (Å²) in [7, 11) is 0. The first-order valence-electron chi connectivity index (χ1n) is 7.24. The van der Waals surface area contributed by atoms with E-state index in [1.54, 1.807) is 0 Å². The summed E-state index contributed by atoms with van der Waals surface area (Å²) in [4.78, 5) is 7.13. The van der Waals surface area contributed by atoms with Gasteiger partial charge in [0.25, 0.3) is 0 Å². The molecule has 1 rings (SSSR count). The van der Waals surface area contributed by atoms with Crippen molar-refractivity contribution in [2.75, 3.05) is 17.2 Å². The van der Waals surface area contributed by atoms with E-state index in [1.165, 1.54) is 6.07 Å². The van der Waals surface area contributed by atoms with Gasteiger partial charge in [0.1, 0.15) is 11.6 Å². The van der Waals surface area contributed by atoms with Crippen LogP contribution in [0.5, 0.6) is 0 Å². The molecule has 0 aliphatic heterocycles. The Hall–Kier alpha value is -1.53. The zero-order valence-electron chi connectivity index (χ0n) is 12.9. The van der Waals surface area contributed by atoms with Crippen molar-refractivity contribution in [1.82, 2.24) is 9.97 Å². The van der Waals surface area contributed by atoms with Crippen LogP contribution in [0.1, 0.15) is 46.4 Å². The van der Waals surface area contributed by atoms with E-state index in [2.05, 4.69) is 20.6 Å². The Morgan fingerprint density at radius 3 is 2.24 bits per heavy atom. The molecule has 1 atom stereocenters. The maximum Gasteiger partial charge on any atom is 0.451 e. The van der Waals surface area contributed by atoms with Gasteiger partial charge in [-0.3, -0.25) is 0 Å². The third-order valence-electron chi connectivity index (χ3n) is 3.11. The molecule has 0 saturated heterocycles. The minimum Gasteiger partial charge on any atom is -0.370 e. The summed E-state index contributed by atoms with van der Waals surface area (Å²) in [5.41, 5.74) is 0. The lowest BCUT2D eigenvalue weighted by molar-refractivity contribution is -0.144. The van der Waals surface area contributed by atoms with E-state index >= 15 is 0 Å². The maximum atomic E-state index is 12.9. The molecule has 4 nitrogen and oxygen atoms in total. The van der Waals surface area contributed by atoms with Crippen LogP contribution in [-0.2, 0) is 6.18 Å². The summed E-state index contributed by atoms with van der Waals surface area (Å²) in [6, 6.07) is 1.59. The number of nitrogens with zero attached hydrogens (tertiary/aromatic N) is 2. The number of anilines is 2. The van der Waals surface area contributed by atoms with Crippen molar-refractivity contribution in [3.05, 3.63) is 11.9 Å². The van der Waals surface area contributed by atoms with Crippen molar-refractivity contribution in [1.29, 1.82) is 0 Å². The van der Waals surface area contributed by atoms with Gasteiger partial charge in [-0.2, -0.15) is 13.2 Å². The molecule has 0 amide bonds. The van der Waals surface area contributed by atoms with Gasteiger partial charge >= 0.3 is 6.18 Å². The molecule has 1 aromatic rings. The van der Waals surface area contributed by atoms with Crippen LogP contribution in [-0.4, -0.2) is 22.6 Å². The fourth-order valence-electron chi connectivity index (χ4n) is 1.92. The van der Waals surface area contributed by atoms with E-state index in [4.69, 9.17) is 0 Å². The zero-order valence-corrected chi connectivity index (χ0v) is 12.9. The fourth-order valence-corrected chi connectivity index (χ4v) is 1.92. The van der Waals surface area contributed by atoms with Gasteiger partial charge in [0.15, 0.2) is 0 Å². The second kappa shape index (κ2) is 7.47. The number of nitrogens with one attached hydrogen (secondary N) is 2. The summed E-state index contributed by atoms with van der Waals surface area (Å²) < 4.78 is 38.6. The molecule has 0 fully saturated rings. The lowest BCUT2D eigenvalue weighted by atomic mass is 10.0. The highest BCUT2D eigenvalue weighted by atomic mass is 19.4. The summed E-state index contributed by atoms with van der Waals surface area (Å²) in [5.74, 6) is -0.423. The lowest BCUT2D eigenvalue weighted by Gasteiger charge is -2.22. The monoisotopic (exact) mass is 304 g/mol. The average molecular weight is 304 g/mol. The molecular weight excluding hydrogens is 281 g/mol. The molecule has 0 aliphatic carbocycles. The van der Waals surface area contributed by atoms with E-state index in [-0.39, 0.29) is 17.7 Å². The molecule has 0 spiro atoms. The normalized spacial score (nSPS) is 13.3. The van der Waals surface area contributed by atoms with E-state index < -0.39 is 12.0 Å². The van der Waals surface area contributed by atoms with Gasteiger partial charge in [0.2, 0.25) is 5.82 Å². The van der Waals surface area contributed by atoms with Crippen LogP contribution < -0.4 is 10.6 Å². The molecule has 0 aliphatic rings.